The van der Waals surface area contributed by atoms with Crippen LogP contribution in [0.5, 0.6) is 5.75 Å². The van der Waals surface area contributed by atoms with E-state index in [1.165, 1.54) is 10.8 Å². The molecule has 94 valence electrons. The van der Waals surface area contributed by atoms with E-state index in [-0.39, 0.29) is 5.82 Å². The first-order chi connectivity index (χ1) is 8.59. The molecule has 0 aliphatic heterocycles. The van der Waals surface area contributed by atoms with Crippen LogP contribution in [0.25, 0.3) is 0 Å². The Hall–Kier alpha value is -2.37. The molecule has 1 unspecified atom stereocenters. The summed E-state index contributed by atoms with van der Waals surface area (Å²) in [6, 6.07) is 9.17. The lowest BCUT2D eigenvalue weighted by atomic mass is 10.3. The first kappa shape index (κ1) is 12.1. The summed E-state index contributed by atoms with van der Waals surface area (Å²) < 4.78 is 7.10. The van der Waals surface area contributed by atoms with E-state index in [1.807, 2.05) is 18.2 Å². The van der Waals surface area contributed by atoms with Gasteiger partial charge in [-0.1, -0.05) is 18.2 Å². The molecule has 2 aromatic rings. The summed E-state index contributed by atoms with van der Waals surface area (Å²) in [5.41, 5.74) is 0. The predicted molar refractivity (Wildman–Crippen MR) is 65.4 cm³/mol. The third-order valence-electron chi connectivity index (χ3n) is 2.56. The molecule has 6 nitrogen and oxygen atoms in total. The molecule has 1 atom stereocenters. The van der Waals surface area contributed by atoms with E-state index in [2.05, 4.69) is 4.98 Å². The van der Waals surface area contributed by atoms with Crippen LogP contribution in [0.15, 0.2) is 36.5 Å². The van der Waals surface area contributed by atoms with Gasteiger partial charge in [-0.05, 0) is 17.1 Å². The zero-order chi connectivity index (χ0) is 13.1. The summed E-state index contributed by atoms with van der Waals surface area (Å²) in [5.74, 6) is 1.13. The third kappa shape index (κ3) is 2.32. The summed E-state index contributed by atoms with van der Waals surface area (Å²) in [6.45, 7) is 3.45. The monoisotopic (exact) mass is 247 g/mol. The predicted octanol–water partition coefficient (Wildman–Crippen LogP) is 2.70. The topological polar surface area (TPSA) is 70.2 Å². The minimum absolute atomic E-state index is 0.0732. The second kappa shape index (κ2) is 4.87. The van der Waals surface area contributed by atoms with Crippen LogP contribution in [0.3, 0.4) is 0 Å². The number of aromatic nitrogens is 2. The van der Waals surface area contributed by atoms with Gasteiger partial charge < -0.3 is 14.9 Å². The highest BCUT2D eigenvalue weighted by Crippen LogP contribution is 2.23. The molecule has 18 heavy (non-hydrogen) atoms. The molecule has 1 aromatic heterocycles. The van der Waals surface area contributed by atoms with Crippen molar-refractivity contribution in [3.8, 4) is 5.75 Å². The summed E-state index contributed by atoms with van der Waals surface area (Å²) in [5, 5.41) is 10.9. The second-order valence-electron chi connectivity index (χ2n) is 3.82. The maximum absolute atomic E-state index is 10.9. The maximum Gasteiger partial charge on any atom is 0.345 e. The fourth-order valence-electron chi connectivity index (χ4n) is 1.77. The van der Waals surface area contributed by atoms with Crippen LogP contribution in [-0.2, 0) is 0 Å². The molecule has 0 N–H and O–H groups in total. The van der Waals surface area contributed by atoms with Crippen molar-refractivity contribution in [2.45, 2.75) is 20.1 Å². The Labute approximate surface area is 104 Å². The Kier molecular flexibility index (Phi) is 3.27. The van der Waals surface area contributed by atoms with E-state index < -0.39 is 11.2 Å². The van der Waals surface area contributed by atoms with Crippen LogP contribution in [0.4, 0.5) is 5.82 Å². The number of nitrogens with zero attached hydrogens (tertiary/aromatic N) is 3. The zero-order valence-corrected chi connectivity index (χ0v) is 10.1. The van der Waals surface area contributed by atoms with Gasteiger partial charge in [-0.2, -0.15) is 4.57 Å². The van der Waals surface area contributed by atoms with Crippen LogP contribution >= 0.6 is 0 Å². The normalized spacial score (nSPS) is 12.1. The van der Waals surface area contributed by atoms with Gasteiger partial charge >= 0.3 is 5.82 Å². The van der Waals surface area contributed by atoms with Gasteiger partial charge in [0.2, 0.25) is 6.23 Å². The van der Waals surface area contributed by atoms with Gasteiger partial charge in [-0.25, -0.2) is 4.98 Å². The minimum Gasteiger partial charge on any atom is -0.452 e. The lowest BCUT2D eigenvalue weighted by molar-refractivity contribution is -0.393. The van der Waals surface area contributed by atoms with Crippen LogP contribution < -0.4 is 4.74 Å². The molecule has 1 heterocycles. The van der Waals surface area contributed by atoms with Gasteiger partial charge in [-0.3, -0.25) is 0 Å². The Bertz CT molecular complexity index is 551. The number of ether oxygens (including phenoxy) is 1. The molecular weight excluding hydrogens is 234 g/mol. The number of hydrogen-bond donors (Lipinski definition) is 0. The number of hydrogen-bond acceptors (Lipinski definition) is 4. The molecule has 0 saturated carbocycles. The lowest BCUT2D eigenvalue weighted by Crippen LogP contribution is -2.15. The largest absolute Gasteiger partial charge is 0.452 e. The molecule has 1 aromatic carbocycles. The van der Waals surface area contributed by atoms with Gasteiger partial charge in [0, 0.05) is 13.8 Å². The SMILES string of the molecule is Cc1ncc([N+](=O)[O-])n1C(C)Oc1ccccc1. The van der Waals surface area contributed by atoms with Crippen molar-refractivity contribution in [1.82, 2.24) is 9.55 Å². The van der Waals surface area contributed by atoms with Crippen LogP contribution in [0.1, 0.15) is 19.0 Å². The molecule has 2 rings (SSSR count). The number of nitro groups is 1. The first-order valence-corrected chi connectivity index (χ1v) is 5.49. The standard InChI is InChI=1S/C12H13N3O3/c1-9-13-8-12(15(16)17)14(9)10(2)18-11-6-4-3-5-7-11/h3-8,10H,1-2H3. The van der Waals surface area contributed by atoms with Gasteiger partial charge in [0.25, 0.3) is 0 Å². The Morgan fingerprint density at radius 1 is 1.39 bits per heavy atom. The highest BCUT2D eigenvalue weighted by atomic mass is 16.6. The van der Waals surface area contributed by atoms with E-state index >= 15 is 0 Å². The molecule has 0 fully saturated rings. The van der Waals surface area contributed by atoms with Crippen molar-refractivity contribution in [1.29, 1.82) is 0 Å². The average Bonchev–Trinajstić information content (AvgIpc) is 2.72. The van der Waals surface area contributed by atoms with E-state index in [1.54, 1.807) is 26.0 Å². The fraction of sp³-hybridized carbons (Fsp3) is 0.250. The van der Waals surface area contributed by atoms with E-state index in [4.69, 9.17) is 4.74 Å². The Morgan fingerprint density at radius 2 is 2.06 bits per heavy atom. The van der Waals surface area contributed by atoms with Crippen molar-refractivity contribution in [3.63, 3.8) is 0 Å². The lowest BCUT2D eigenvalue weighted by Gasteiger charge is -2.13. The number of aryl methyl sites for hydroxylation is 1. The smallest absolute Gasteiger partial charge is 0.345 e. The summed E-state index contributed by atoms with van der Waals surface area (Å²) in [6.07, 6.45) is 0.746. The minimum atomic E-state index is -0.490. The second-order valence-corrected chi connectivity index (χ2v) is 3.82. The summed E-state index contributed by atoms with van der Waals surface area (Å²) in [7, 11) is 0. The highest BCUT2D eigenvalue weighted by Gasteiger charge is 2.23. The van der Waals surface area contributed by atoms with Crippen LogP contribution in [0, 0.1) is 17.0 Å². The molecule has 0 spiro atoms. The maximum atomic E-state index is 10.9. The quantitative estimate of drug-likeness (QED) is 0.615. The van der Waals surface area contributed by atoms with Crippen molar-refractivity contribution in [2.24, 2.45) is 0 Å². The van der Waals surface area contributed by atoms with Crippen LogP contribution in [0.2, 0.25) is 0 Å². The van der Waals surface area contributed by atoms with Gasteiger partial charge in [-0.15, -0.1) is 0 Å². The molecule has 6 heteroatoms. The molecule has 0 bridgehead atoms. The molecular formula is C12H13N3O3. The molecule has 0 saturated heterocycles. The van der Waals surface area contributed by atoms with Crippen LogP contribution in [-0.4, -0.2) is 14.5 Å². The molecule has 0 aliphatic carbocycles. The van der Waals surface area contributed by atoms with E-state index in [9.17, 15) is 10.1 Å². The van der Waals surface area contributed by atoms with Crippen molar-refractivity contribution in [3.05, 3.63) is 52.5 Å². The van der Waals surface area contributed by atoms with E-state index in [0.717, 1.165) is 0 Å². The summed E-state index contributed by atoms with van der Waals surface area (Å²) >= 11 is 0. The Balaban J connectivity index is 2.26. The fourth-order valence-corrected chi connectivity index (χ4v) is 1.77. The molecule has 0 aliphatic rings. The van der Waals surface area contributed by atoms with Gasteiger partial charge in [0.05, 0.1) is 0 Å². The number of para-hydroxylation sites is 1. The number of rotatable bonds is 4. The Morgan fingerprint density at radius 3 is 2.67 bits per heavy atom. The third-order valence-corrected chi connectivity index (χ3v) is 2.56. The van der Waals surface area contributed by atoms with Crippen molar-refractivity contribution >= 4 is 5.82 Å². The van der Waals surface area contributed by atoms with Gasteiger partial charge in [0.1, 0.15) is 11.9 Å². The first-order valence-electron chi connectivity index (χ1n) is 5.49. The summed E-state index contributed by atoms with van der Waals surface area (Å²) in [4.78, 5) is 14.4. The van der Waals surface area contributed by atoms with E-state index in [0.29, 0.717) is 11.6 Å². The molecule has 0 radical (unpaired) electrons. The molecule has 0 amide bonds. The average molecular weight is 247 g/mol. The number of imidazole rings is 1. The number of benzene rings is 1. The zero-order valence-electron chi connectivity index (χ0n) is 10.1. The van der Waals surface area contributed by atoms with Crippen molar-refractivity contribution in [2.75, 3.05) is 0 Å². The highest BCUT2D eigenvalue weighted by molar-refractivity contribution is 5.23. The van der Waals surface area contributed by atoms with Crippen molar-refractivity contribution < 1.29 is 9.66 Å². The van der Waals surface area contributed by atoms with Gasteiger partial charge in [0.15, 0.2) is 5.82 Å².